The molecule has 1 aliphatic rings. The molecule has 0 bridgehead atoms. The van der Waals surface area contributed by atoms with Crippen LogP contribution in [-0.2, 0) is 26.2 Å². The number of amides is 2. The van der Waals surface area contributed by atoms with Gasteiger partial charge in [0.2, 0.25) is 10.0 Å². The van der Waals surface area contributed by atoms with Gasteiger partial charge < -0.3 is 10.6 Å². The van der Waals surface area contributed by atoms with E-state index < -0.39 is 27.7 Å². The maximum atomic E-state index is 13.6. The SMILES string of the molecule is Cc1cc(S(=O)(=O)N2CCCC[C@@H]2CCNC(=O)C(=O)NCc2cccnc2)ccc1F. The van der Waals surface area contributed by atoms with Crippen LogP contribution in [0.5, 0.6) is 0 Å². The molecule has 1 aromatic heterocycles. The second-order valence-corrected chi connectivity index (χ2v) is 9.66. The number of hydrogen-bond donors (Lipinski definition) is 2. The lowest BCUT2D eigenvalue weighted by atomic mass is 10.0. The molecule has 1 aliphatic heterocycles. The zero-order valence-electron chi connectivity index (χ0n) is 17.9. The minimum Gasteiger partial charge on any atom is -0.348 e. The smallest absolute Gasteiger partial charge is 0.309 e. The van der Waals surface area contributed by atoms with Gasteiger partial charge in [-0.25, -0.2) is 12.8 Å². The highest BCUT2D eigenvalue weighted by atomic mass is 32.2. The van der Waals surface area contributed by atoms with Gasteiger partial charge in [-0.15, -0.1) is 0 Å². The number of hydrogen-bond acceptors (Lipinski definition) is 5. The molecule has 2 amide bonds. The number of piperidine rings is 1. The maximum Gasteiger partial charge on any atom is 0.309 e. The third kappa shape index (κ3) is 5.89. The van der Waals surface area contributed by atoms with Gasteiger partial charge in [0.1, 0.15) is 5.82 Å². The van der Waals surface area contributed by atoms with Crippen molar-refractivity contribution in [2.45, 2.75) is 50.1 Å². The summed E-state index contributed by atoms with van der Waals surface area (Å²) in [4.78, 5) is 28.1. The average Bonchev–Trinajstić information content (AvgIpc) is 2.80. The first kappa shape index (κ1) is 23.8. The fraction of sp³-hybridized carbons (Fsp3) is 0.409. The Labute approximate surface area is 187 Å². The van der Waals surface area contributed by atoms with Crippen LogP contribution in [0.1, 0.15) is 36.8 Å². The zero-order chi connectivity index (χ0) is 23.1. The first-order valence-corrected chi connectivity index (χ1v) is 12.0. The minimum absolute atomic E-state index is 0.0575. The van der Waals surface area contributed by atoms with E-state index >= 15 is 0 Å². The van der Waals surface area contributed by atoms with E-state index in [0.717, 1.165) is 24.5 Å². The second kappa shape index (κ2) is 10.6. The number of nitrogens with one attached hydrogen (secondary N) is 2. The summed E-state index contributed by atoms with van der Waals surface area (Å²) in [7, 11) is -3.79. The van der Waals surface area contributed by atoms with E-state index in [1.54, 1.807) is 24.5 Å². The van der Waals surface area contributed by atoms with Crippen molar-refractivity contribution in [2.24, 2.45) is 0 Å². The van der Waals surface area contributed by atoms with Crippen molar-refractivity contribution in [1.29, 1.82) is 0 Å². The van der Waals surface area contributed by atoms with Crippen molar-refractivity contribution in [1.82, 2.24) is 19.9 Å². The van der Waals surface area contributed by atoms with Crippen LogP contribution in [0.4, 0.5) is 4.39 Å². The van der Waals surface area contributed by atoms with Crippen molar-refractivity contribution in [3.8, 4) is 0 Å². The number of aromatic nitrogens is 1. The maximum absolute atomic E-state index is 13.6. The van der Waals surface area contributed by atoms with E-state index in [-0.39, 0.29) is 29.6 Å². The van der Waals surface area contributed by atoms with Gasteiger partial charge in [-0.2, -0.15) is 4.31 Å². The normalized spacial score (nSPS) is 17.0. The molecule has 2 N–H and O–H groups in total. The monoisotopic (exact) mass is 462 g/mol. The van der Waals surface area contributed by atoms with Crippen LogP contribution in [-0.4, -0.2) is 48.7 Å². The van der Waals surface area contributed by atoms with Crippen LogP contribution in [0.2, 0.25) is 0 Å². The molecule has 1 saturated heterocycles. The summed E-state index contributed by atoms with van der Waals surface area (Å²) in [6.07, 6.45) is 5.85. The summed E-state index contributed by atoms with van der Waals surface area (Å²) < 4.78 is 41.3. The predicted molar refractivity (Wildman–Crippen MR) is 116 cm³/mol. The second-order valence-electron chi connectivity index (χ2n) is 7.76. The summed E-state index contributed by atoms with van der Waals surface area (Å²) in [6, 6.07) is 6.98. The summed E-state index contributed by atoms with van der Waals surface area (Å²) >= 11 is 0. The van der Waals surface area contributed by atoms with Gasteiger partial charge in [-0.05, 0) is 61.6 Å². The largest absolute Gasteiger partial charge is 0.348 e. The molecule has 0 radical (unpaired) electrons. The Bertz CT molecular complexity index is 1060. The fourth-order valence-corrected chi connectivity index (χ4v) is 5.50. The highest BCUT2D eigenvalue weighted by Gasteiger charge is 2.33. The van der Waals surface area contributed by atoms with Crippen molar-refractivity contribution in [3.63, 3.8) is 0 Å². The van der Waals surface area contributed by atoms with Crippen LogP contribution in [0.25, 0.3) is 0 Å². The number of benzene rings is 1. The fourth-order valence-electron chi connectivity index (χ4n) is 3.69. The Morgan fingerprint density at radius 2 is 1.97 bits per heavy atom. The molecule has 8 nitrogen and oxygen atoms in total. The van der Waals surface area contributed by atoms with Gasteiger partial charge in [0.25, 0.3) is 0 Å². The molecule has 1 fully saturated rings. The van der Waals surface area contributed by atoms with Gasteiger partial charge >= 0.3 is 11.8 Å². The van der Waals surface area contributed by atoms with Crippen molar-refractivity contribution in [3.05, 3.63) is 59.7 Å². The molecule has 1 aromatic carbocycles. The molecule has 0 unspecified atom stereocenters. The Morgan fingerprint density at radius 3 is 2.69 bits per heavy atom. The minimum atomic E-state index is -3.79. The number of pyridine rings is 1. The van der Waals surface area contributed by atoms with Crippen LogP contribution in [0.15, 0.2) is 47.6 Å². The number of halogens is 1. The third-order valence-electron chi connectivity index (χ3n) is 5.45. The summed E-state index contributed by atoms with van der Waals surface area (Å²) in [6.45, 7) is 2.24. The molecular weight excluding hydrogens is 435 g/mol. The van der Waals surface area contributed by atoms with Crippen LogP contribution in [0, 0.1) is 12.7 Å². The van der Waals surface area contributed by atoms with Gasteiger partial charge in [0.05, 0.1) is 4.90 Å². The number of nitrogens with zero attached hydrogens (tertiary/aromatic N) is 2. The molecule has 2 aromatic rings. The predicted octanol–water partition coefficient (Wildman–Crippen LogP) is 1.90. The van der Waals surface area contributed by atoms with Gasteiger partial charge in [-0.3, -0.25) is 14.6 Å². The molecule has 2 heterocycles. The molecular formula is C22H27FN4O4S. The Kier molecular flexibility index (Phi) is 7.92. The van der Waals surface area contributed by atoms with E-state index in [9.17, 15) is 22.4 Å². The molecule has 3 rings (SSSR count). The highest BCUT2D eigenvalue weighted by molar-refractivity contribution is 7.89. The summed E-state index contributed by atoms with van der Waals surface area (Å²) in [5, 5.41) is 5.08. The molecule has 0 saturated carbocycles. The third-order valence-corrected chi connectivity index (χ3v) is 7.40. The van der Waals surface area contributed by atoms with E-state index in [1.807, 2.05) is 0 Å². The molecule has 10 heteroatoms. The molecule has 1 atom stereocenters. The number of rotatable bonds is 7. The summed E-state index contributed by atoms with van der Waals surface area (Å²) in [5.41, 5.74) is 1.04. The number of aryl methyl sites for hydroxylation is 1. The summed E-state index contributed by atoms with van der Waals surface area (Å²) in [5.74, 6) is -1.99. The van der Waals surface area contributed by atoms with E-state index in [0.29, 0.717) is 19.4 Å². The lowest BCUT2D eigenvalue weighted by Crippen LogP contribution is -2.46. The Balaban J connectivity index is 1.55. The van der Waals surface area contributed by atoms with Crippen molar-refractivity contribution < 1.29 is 22.4 Å². The van der Waals surface area contributed by atoms with Crippen molar-refractivity contribution >= 4 is 21.8 Å². The Morgan fingerprint density at radius 1 is 1.19 bits per heavy atom. The van der Waals surface area contributed by atoms with Crippen LogP contribution in [0.3, 0.4) is 0 Å². The molecule has 172 valence electrons. The van der Waals surface area contributed by atoms with Crippen LogP contribution >= 0.6 is 0 Å². The Hall–Kier alpha value is -2.85. The first-order chi connectivity index (χ1) is 15.3. The van der Waals surface area contributed by atoms with E-state index in [2.05, 4.69) is 15.6 Å². The highest BCUT2D eigenvalue weighted by Crippen LogP contribution is 2.27. The number of carbonyl (C=O) groups excluding carboxylic acids is 2. The van der Waals surface area contributed by atoms with E-state index in [1.165, 1.54) is 23.4 Å². The zero-order valence-corrected chi connectivity index (χ0v) is 18.7. The van der Waals surface area contributed by atoms with E-state index in [4.69, 9.17) is 0 Å². The molecule has 0 spiro atoms. The van der Waals surface area contributed by atoms with Gasteiger partial charge in [0, 0.05) is 38.1 Å². The van der Waals surface area contributed by atoms with Crippen LogP contribution < -0.4 is 10.6 Å². The van der Waals surface area contributed by atoms with Gasteiger partial charge in [-0.1, -0.05) is 12.5 Å². The molecule has 32 heavy (non-hydrogen) atoms. The number of carbonyl (C=O) groups is 2. The first-order valence-electron chi connectivity index (χ1n) is 10.5. The quantitative estimate of drug-likeness (QED) is 0.611. The lowest BCUT2D eigenvalue weighted by molar-refractivity contribution is -0.139. The topological polar surface area (TPSA) is 108 Å². The van der Waals surface area contributed by atoms with Crippen molar-refractivity contribution in [2.75, 3.05) is 13.1 Å². The number of sulfonamides is 1. The average molecular weight is 463 g/mol. The molecule has 0 aliphatic carbocycles. The van der Waals surface area contributed by atoms with Gasteiger partial charge in [0.15, 0.2) is 0 Å². The standard InChI is InChI=1S/C22H27FN4O4S/c1-16-13-19(7-8-20(16)23)32(30,31)27-12-3-2-6-18(27)9-11-25-21(28)22(29)26-15-17-5-4-10-24-14-17/h4-5,7-8,10,13-14,18H,2-3,6,9,11-12,15H2,1H3,(H,25,28)(H,26,29)/t18-/m1/s1. The lowest BCUT2D eigenvalue weighted by Gasteiger charge is -2.34.